The Morgan fingerprint density at radius 3 is 2.00 bits per heavy atom. The topological polar surface area (TPSA) is 34.1 Å². The first-order chi connectivity index (χ1) is 12.4. The summed E-state index contributed by atoms with van der Waals surface area (Å²) in [4.78, 5) is 0.358. The van der Waals surface area contributed by atoms with Gasteiger partial charge in [-0.25, -0.2) is 8.42 Å². The Hall–Kier alpha value is -1.87. The van der Waals surface area contributed by atoms with E-state index in [-0.39, 0.29) is 10.8 Å². The summed E-state index contributed by atoms with van der Waals surface area (Å²) in [5, 5.41) is 0. The van der Waals surface area contributed by atoms with Crippen molar-refractivity contribution in [2.24, 2.45) is 0 Å². The summed E-state index contributed by atoms with van der Waals surface area (Å²) in [5.41, 5.74) is 6.70. The number of rotatable bonds is 3. The number of allylic oxidation sites excluding steroid dienone is 1. The Kier molecular flexibility index (Phi) is 4.88. The van der Waals surface area contributed by atoms with Crippen molar-refractivity contribution < 1.29 is 8.42 Å². The third-order valence-electron chi connectivity index (χ3n) is 6.00. The first-order valence-corrected chi connectivity index (χ1v) is 11.4. The molecule has 0 aromatic heterocycles. The van der Waals surface area contributed by atoms with Crippen LogP contribution in [0, 0.1) is 0 Å². The average Bonchev–Trinajstić information content (AvgIpc) is 2.58. The lowest BCUT2D eigenvalue weighted by Crippen LogP contribution is -2.33. The zero-order valence-corrected chi connectivity index (χ0v) is 18.1. The SMILES string of the molecule is CC(=Cc1ccc2c(c1)C(C)(C)CCC2(C)C)c1ccc(S(C)(=O)=O)cc1. The summed E-state index contributed by atoms with van der Waals surface area (Å²) in [7, 11) is -3.16. The molecule has 0 spiro atoms. The maximum absolute atomic E-state index is 11.6. The van der Waals surface area contributed by atoms with Gasteiger partial charge < -0.3 is 0 Å². The second-order valence-electron chi connectivity index (χ2n) is 9.20. The Balaban J connectivity index is 1.98. The Labute approximate surface area is 164 Å². The van der Waals surface area contributed by atoms with Crippen LogP contribution in [0.3, 0.4) is 0 Å². The van der Waals surface area contributed by atoms with Crippen LogP contribution in [-0.2, 0) is 20.7 Å². The van der Waals surface area contributed by atoms with E-state index in [1.807, 2.05) is 12.1 Å². The highest BCUT2D eigenvalue weighted by Crippen LogP contribution is 2.46. The third-order valence-corrected chi connectivity index (χ3v) is 7.13. The summed E-state index contributed by atoms with van der Waals surface area (Å²) < 4.78 is 23.3. The highest BCUT2D eigenvalue weighted by atomic mass is 32.2. The van der Waals surface area contributed by atoms with Gasteiger partial charge in [0.2, 0.25) is 0 Å². The Bertz CT molecular complexity index is 991. The van der Waals surface area contributed by atoms with Gasteiger partial charge in [0.25, 0.3) is 0 Å². The van der Waals surface area contributed by atoms with E-state index < -0.39 is 9.84 Å². The molecule has 27 heavy (non-hydrogen) atoms. The fourth-order valence-electron chi connectivity index (χ4n) is 3.99. The quantitative estimate of drug-likeness (QED) is 0.610. The fourth-order valence-corrected chi connectivity index (χ4v) is 4.62. The van der Waals surface area contributed by atoms with E-state index in [0.29, 0.717) is 4.90 Å². The molecule has 0 saturated carbocycles. The molecule has 0 fully saturated rings. The maximum atomic E-state index is 11.6. The second-order valence-corrected chi connectivity index (χ2v) is 11.2. The van der Waals surface area contributed by atoms with Crippen molar-refractivity contribution in [1.29, 1.82) is 0 Å². The highest BCUT2D eigenvalue weighted by Gasteiger charge is 2.36. The van der Waals surface area contributed by atoms with Gasteiger partial charge in [0.15, 0.2) is 9.84 Å². The number of hydrogen-bond acceptors (Lipinski definition) is 2. The Morgan fingerprint density at radius 2 is 1.44 bits per heavy atom. The zero-order chi connectivity index (χ0) is 20.0. The monoisotopic (exact) mass is 382 g/mol. The molecule has 3 rings (SSSR count). The molecule has 0 saturated heterocycles. The number of hydrogen-bond donors (Lipinski definition) is 0. The van der Waals surface area contributed by atoms with Gasteiger partial charge in [0, 0.05) is 6.26 Å². The largest absolute Gasteiger partial charge is 0.224 e. The number of sulfone groups is 1. The highest BCUT2D eigenvalue weighted by molar-refractivity contribution is 7.90. The summed E-state index contributed by atoms with van der Waals surface area (Å²) in [6.45, 7) is 11.4. The van der Waals surface area contributed by atoms with Crippen LogP contribution < -0.4 is 0 Å². The van der Waals surface area contributed by atoms with Crippen LogP contribution in [0.15, 0.2) is 47.4 Å². The maximum Gasteiger partial charge on any atom is 0.175 e. The molecule has 144 valence electrons. The van der Waals surface area contributed by atoms with E-state index in [2.05, 4.69) is 58.9 Å². The standard InChI is InChI=1S/C24H30O2S/c1-17(19-8-10-20(11-9-19)27(6,25)26)15-18-7-12-21-22(16-18)24(4,5)14-13-23(21,2)3/h7-12,15-16H,13-14H2,1-6H3. The molecular formula is C24H30O2S. The van der Waals surface area contributed by atoms with Gasteiger partial charge >= 0.3 is 0 Å². The Morgan fingerprint density at radius 1 is 0.889 bits per heavy atom. The van der Waals surface area contributed by atoms with Gasteiger partial charge in [-0.1, -0.05) is 64.1 Å². The van der Waals surface area contributed by atoms with Crippen LogP contribution in [0.1, 0.15) is 69.7 Å². The number of fused-ring (bicyclic) bond motifs is 1. The first-order valence-electron chi connectivity index (χ1n) is 9.54. The summed E-state index contributed by atoms with van der Waals surface area (Å²) in [6, 6.07) is 14.0. The molecule has 0 unspecified atom stereocenters. The molecule has 1 aliphatic carbocycles. The lowest BCUT2D eigenvalue weighted by Gasteiger charge is -2.42. The van der Waals surface area contributed by atoms with Crippen molar-refractivity contribution in [3.63, 3.8) is 0 Å². The number of benzene rings is 2. The lowest BCUT2D eigenvalue weighted by molar-refractivity contribution is 0.332. The average molecular weight is 383 g/mol. The predicted octanol–water partition coefficient (Wildman–Crippen LogP) is 6.00. The molecule has 0 amide bonds. The van der Waals surface area contributed by atoms with E-state index in [9.17, 15) is 8.42 Å². The molecule has 0 heterocycles. The van der Waals surface area contributed by atoms with Crippen LogP contribution >= 0.6 is 0 Å². The van der Waals surface area contributed by atoms with Crippen molar-refractivity contribution in [3.05, 3.63) is 64.7 Å². The van der Waals surface area contributed by atoms with Crippen LogP contribution in [0.2, 0.25) is 0 Å². The molecule has 2 aromatic rings. The molecule has 0 atom stereocenters. The van der Waals surface area contributed by atoms with E-state index in [1.54, 1.807) is 12.1 Å². The van der Waals surface area contributed by atoms with Gasteiger partial charge in [-0.05, 0) is 70.6 Å². The molecule has 2 aromatic carbocycles. The summed E-state index contributed by atoms with van der Waals surface area (Å²) in [6.07, 6.45) is 5.84. The molecule has 0 bridgehead atoms. The molecule has 2 nitrogen and oxygen atoms in total. The van der Waals surface area contributed by atoms with E-state index in [1.165, 1.54) is 35.8 Å². The summed E-state index contributed by atoms with van der Waals surface area (Å²) >= 11 is 0. The van der Waals surface area contributed by atoms with Gasteiger partial charge in [-0.3, -0.25) is 0 Å². The van der Waals surface area contributed by atoms with E-state index >= 15 is 0 Å². The van der Waals surface area contributed by atoms with Crippen LogP contribution in [0.5, 0.6) is 0 Å². The van der Waals surface area contributed by atoms with Crippen molar-refractivity contribution in [2.75, 3.05) is 6.26 Å². The molecule has 1 aliphatic rings. The smallest absolute Gasteiger partial charge is 0.175 e. The van der Waals surface area contributed by atoms with E-state index in [0.717, 1.165) is 11.1 Å². The molecule has 0 N–H and O–H groups in total. The van der Waals surface area contributed by atoms with Crippen LogP contribution in [-0.4, -0.2) is 14.7 Å². The van der Waals surface area contributed by atoms with Gasteiger partial charge in [0.1, 0.15) is 0 Å². The van der Waals surface area contributed by atoms with Crippen molar-refractivity contribution in [2.45, 2.75) is 63.2 Å². The van der Waals surface area contributed by atoms with Crippen LogP contribution in [0.25, 0.3) is 11.6 Å². The minimum Gasteiger partial charge on any atom is -0.224 e. The van der Waals surface area contributed by atoms with Crippen molar-refractivity contribution >= 4 is 21.5 Å². The van der Waals surface area contributed by atoms with Gasteiger partial charge in [-0.2, -0.15) is 0 Å². The van der Waals surface area contributed by atoms with Gasteiger partial charge in [-0.15, -0.1) is 0 Å². The predicted molar refractivity (Wildman–Crippen MR) is 115 cm³/mol. The van der Waals surface area contributed by atoms with E-state index in [4.69, 9.17) is 0 Å². The second kappa shape index (κ2) is 6.63. The summed E-state index contributed by atoms with van der Waals surface area (Å²) in [5.74, 6) is 0. The first kappa shape index (κ1) is 19.9. The lowest BCUT2D eigenvalue weighted by atomic mass is 9.63. The molecule has 0 radical (unpaired) electrons. The minimum atomic E-state index is -3.16. The molecule has 3 heteroatoms. The third kappa shape index (κ3) is 4.03. The minimum absolute atomic E-state index is 0.194. The molecule has 0 aliphatic heterocycles. The van der Waals surface area contributed by atoms with Crippen molar-refractivity contribution in [3.8, 4) is 0 Å². The molecular weight excluding hydrogens is 352 g/mol. The normalized spacial score (nSPS) is 18.8. The van der Waals surface area contributed by atoms with Crippen LogP contribution in [0.4, 0.5) is 0 Å². The fraction of sp³-hybridized carbons (Fsp3) is 0.417. The van der Waals surface area contributed by atoms with Gasteiger partial charge in [0.05, 0.1) is 4.90 Å². The van der Waals surface area contributed by atoms with Crippen molar-refractivity contribution in [1.82, 2.24) is 0 Å². The zero-order valence-electron chi connectivity index (χ0n) is 17.3.